The fraction of sp³-hybridized carbons (Fsp3) is 0.714. The molecule has 0 aliphatic heterocycles. The lowest BCUT2D eigenvalue weighted by Crippen LogP contribution is -2.19. The summed E-state index contributed by atoms with van der Waals surface area (Å²) in [6, 6.07) is 0. The van der Waals surface area contributed by atoms with Crippen LogP contribution < -0.4 is 10.6 Å². The summed E-state index contributed by atoms with van der Waals surface area (Å²) in [6.45, 7) is 7.90. The van der Waals surface area contributed by atoms with Gasteiger partial charge in [0.2, 0.25) is 0 Å². The molecule has 0 amide bonds. The Hall–Kier alpha value is -1.40. The molecule has 1 aromatic rings. The van der Waals surface area contributed by atoms with E-state index in [9.17, 15) is 5.11 Å². The van der Waals surface area contributed by atoms with Crippen molar-refractivity contribution in [2.24, 2.45) is 0 Å². The normalized spacial score (nSPS) is 12.2. The molecule has 0 aliphatic rings. The van der Waals surface area contributed by atoms with E-state index in [1.54, 1.807) is 7.11 Å². The first kappa shape index (κ1) is 16.7. The van der Waals surface area contributed by atoms with Gasteiger partial charge in [-0.1, -0.05) is 6.92 Å². The molecule has 1 unspecified atom stereocenters. The first-order valence-electron chi connectivity index (χ1n) is 7.14. The van der Waals surface area contributed by atoms with Crippen LogP contribution in [0, 0.1) is 6.92 Å². The fourth-order valence-electron chi connectivity index (χ4n) is 1.87. The molecule has 6 nitrogen and oxygen atoms in total. The zero-order valence-corrected chi connectivity index (χ0v) is 12.9. The fourth-order valence-corrected chi connectivity index (χ4v) is 1.87. The molecule has 0 fully saturated rings. The average Bonchev–Trinajstić information content (AvgIpc) is 2.43. The van der Waals surface area contributed by atoms with Crippen molar-refractivity contribution in [3.05, 3.63) is 11.4 Å². The van der Waals surface area contributed by atoms with E-state index in [1.807, 2.05) is 20.8 Å². The Bertz CT molecular complexity index is 412. The number of ether oxygens (including phenoxy) is 1. The van der Waals surface area contributed by atoms with E-state index in [1.165, 1.54) is 0 Å². The minimum Gasteiger partial charge on any atom is -0.391 e. The number of aliphatic hydroxyl groups is 1. The Morgan fingerprint density at radius 2 is 1.85 bits per heavy atom. The Morgan fingerprint density at radius 3 is 2.40 bits per heavy atom. The third-order valence-corrected chi connectivity index (χ3v) is 2.98. The van der Waals surface area contributed by atoms with E-state index in [0.717, 1.165) is 36.0 Å². The minimum absolute atomic E-state index is 0.354. The van der Waals surface area contributed by atoms with Crippen LogP contribution in [0.5, 0.6) is 0 Å². The second-order valence-electron chi connectivity index (χ2n) is 4.67. The molecule has 1 rings (SSSR count). The Morgan fingerprint density at radius 1 is 1.20 bits per heavy atom. The number of methoxy groups -OCH3 is 1. The van der Waals surface area contributed by atoms with E-state index in [0.29, 0.717) is 19.6 Å². The van der Waals surface area contributed by atoms with E-state index < -0.39 is 6.10 Å². The monoisotopic (exact) mass is 282 g/mol. The molecule has 1 atom stereocenters. The van der Waals surface area contributed by atoms with Crippen LogP contribution in [0.15, 0.2) is 0 Å². The van der Waals surface area contributed by atoms with Gasteiger partial charge < -0.3 is 20.5 Å². The Balaban J connectivity index is 2.70. The summed E-state index contributed by atoms with van der Waals surface area (Å²) in [5.74, 6) is 2.52. The van der Waals surface area contributed by atoms with Crippen molar-refractivity contribution in [3.8, 4) is 0 Å². The molecule has 6 heteroatoms. The lowest BCUT2D eigenvalue weighted by Gasteiger charge is -2.15. The van der Waals surface area contributed by atoms with Crippen LogP contribution >= 0.6 is 0 Å². The van der Waals surface area contributed by atoms with Crippen LogP contribution in [-0.2, 0) is 11.2 Å². The van der Waals surface area contributed by atoms with Gasteiger partial charge in [0.05, 0.1) is 12.7 Å². The summed E-state index contributed by atoms with van der Waals surface area (Å²) >= 11 is 0. The topological polar surface area (TPSA) is 79.3 Å². The molecule has 0 saturated heterocycles. The van der Waals surface area contributed by atoms with Gasteiger partial charge in [-0.2, -0.15) is 0 Å². The van der Waals surface area contributed by atoms with Gasteiger partial charge in [-0.15, -0.1) is 0 Å². The number of nitrogens with zero attached hydrogens (tertiary/aromatic N) is 2. The minimum atomic E-state index is -0.450. The van der Waals surface area contributed by atoms with Crippen molar-refractivity contribution in [1.82, 2.24) is 9.97 Å². The maximum absolute atomic E-state index is 9.63. The number of hydrogen-bond donors (Lipinski definition) is 3. The quantitative estimate of drug-likeness (QED) is 0.638. The highest BCUT2D eigenvalue weighted by Gasteiger charge is 2.10. The molecular weight excluding hydrogens is 256 g/mol. The standard InChI is InChI=1S/C14H26N4O2/c1-5-12-17-13(15-6-2)10(3)14(18-12)16-8-7-11(19)9-20-4/h11,19H,5-9H2,1-4H3,(H2,15,16,17,18). The Labute approximate surface area is 121 Å². The summed E-state index contributed by atoms with van der Waals surface area (Å²) in [5.41, 5.74) is 1.00. The van der Waals surface area contributed by atoms with Crippen molar-refractivity contribution in [2.45, 2.75) is 39.7 Å². The molecule has 3 N–H and O–H groups in total. The van der Waals surface area contributed by atoms with Gasteiger partial charge in [-0.05, 0) is 20.3 Å². The van der Waals surface area contributed by atoms with Crippen LogP contribution in [0.1, 0.15) is 31.7 Å². The zero-order chi connectivity index (χ0) is 15.0. The van der Waals surface area contributed by atoms with Crippen molar-refractivity contribution >= 4 is 11.6 Å². The first-order chi connectivity index (χ1) is 9.62. The lowest BCUT2D eigenvalue weighted by molar-refractivity contribution is 0.0615. The van der Waals surface area contributed by atoms with Gasteiger partial charge in [0.1, 0.15) is 17.5 Å². The number of rotatable bonds is 9. The average molecular weight is 282 g/mol. The van der Waals surface area contributed by atoms with Crippen LogP contribution in [0.4, 0.5) is 11.6 Å². The highest BCUT2D eigenvalue weighted by atomic mass is 16.5. The molecule has 0 radical (unpaired) electrons. The third-order valence-electron chi connectivity index (χ3n) is 2.98. The molecule has 1 aromatic heterocycles. The maximum atomic E-state index is 9.63. The van der Waals surface area contributed by atoms with E-state index in [4.69, 9.17) is 4.74 Å². The highest BCUT2D eigenvalue weighted by molar-refractivity contribution is 5.57. The number of aliphatic hydroxyl groups excluding tert-OH is 1. The first-order valence-corrected chi connectivity index (χ1v) is 7.14. The van der Waals surface area contributed by atoms with Crippen LogP contribution in [0.3, 0.4) is 0 Å². The highest BCUT2D eigenvalue weighted by Crippen LogP contribution is 2.20. The van der Waals surface area contributed by atoms with Gasteiger partial charge >= 0.3 is 0 Å². The lowest BCUT2D eigenvalue weighted by atomic mass is 10.2. The molecule has 0 aliphatic carbocycles. The number of aryl methyl sites for hydroxylation is 1. The maximum Gasteiger partial charge on any atom is 0.134 e. The Kier molecular flexibility index (Phi) is 7.25. The number of anilines is 2. The zero-order valence-electron chi connectivity index (χ0n) is 12.9. The summed E-state index contributed by atoms with van der Waals surface area (Å²) in [7, 11) is 1.58. The van der Waals surface area contributed by atoms with Gasteiger partial charge in [0.25, 0.3) is 0 Å². The molecule has 0 saturated carbocycles. The summed E-state index contributed by atoms with van der Waals surface area (Å²) in [6.07, 6.45) is 0.961. The van der Waals surface area contributed by atoms with E-state index in [2.05, 4.69) is 20.6 Å². The van der Waals surface area contributed by atoms with E-state index >= 15 is 0 Å². The van der Waals surface area contributed by atoms with Gasteiger partial charge in [-0.3, -0.25) is 0 Å². The van der Waals surface area contributed by atoms with Crippen LogP contribution in [-0.4, -0.2) is 48.0 Å². The predicted octanol–water partition coefficient (Wildman–Crippen LogP) is 1.59. The largest absolute Gasteiger partial charge is 0.391 e. The molecule has 0 spiro atoms. The number of nitrogens with one attached hydrogen (secondary N) is 2. The second-order valence-corrected chi connectivity index (χ2v) is 4.67. The van der Waals surface area contributed by atoms with Crippen molar-refractivity contribution in [3.63, 3.8) is 0 Å². The van der Waals surface area contributed by atoms with Crippen LogP contribution in [0.25, 0.3) is 0 Å². The smallest absolute Gasteiger partial charge is 0.134 e. The summed E-state index contributed by atoms with van der Waals surface area (Å²) < 4.78 is 4.90. The summed E-state index contributed by atoms with van der Waals surface area (Å²) in [4.78, 5) is 8.98. The van der Waals surface area contributed by atoms with Gasteiger partial charge in [0.15, 0.2) is 0 Å². The predicted molar refractivity (Wildman–Crippen MR) is 81.3 cm³/mol. The van der Waals surface area contributed by atoms with Crippen LogP contribution in [0.2, 0.25) is 0 Å². The van der Waals surface area contributed by atoms with Gasteiger partial charge in [-0.25, -0.2) is 9.97 Å². The molecule has 0 aromatic carbocycles. The molecule has 1 heterocycles. The third kappa shape index (κ3) is 4.94. The van der Waals surface area contributed by atoms with Gasteiger partial charge in [0, 0.05) is 32.2 Å². The second kappa shape index (κ2) is 8.71. The molecule has 20 heavy (non-hydrogen) atoms. The van der Waals surface area contributed by atoms with E-state index in [-0.39, 0.29) is 0 Å². The number of aromatic nitrogens is 2. The van der Waals surface area contributed by atoms with Crippen molar-refractivity contribution < 1.29 is 9.84 Å². The molecular formula is C14H26N4O2. The van der Waals surface area contributed by atoms with Crippen molar-refractivity contribution in [2.75, 3.05) is 37.4 Å². The SMILES string of the molecule is CCNc1nc(CC)nc(NCCC(O)COC)c1C. The molecule has 114 valence electrons. The summed E-state index contributed by atoms with van der Waals surface area (Å²) in [5, 5.41) is 16.1. The molecule has 0 bridgehead atoms. The van der Waals surface area contributed by atoms with Crippen molar-refractivity contribution in [1.29, 1.82) is 0 Å². The number of hydrogen-bond acceptors (Lipinski definition) is 6.